The Hall–Kier alpha value is -2.13. The molecule has 1 aromatic heterocycles. The first kappa shape index (κ1) is 24.0. The van der Waals surface area contributed by atoms with E-state index in [-0.39, 0.29) is 13.0 Å². The molecule has 1 saturated carbocycles. The van der Waals surface area contributed by atoms with Gasteiger partial charge in [-0.3, -0.25) is 4.79 Å². The smallest absolute Gasteiger partial charge is 0.310 e. The third-order valence-corrected chi connectivity index (χ3v) is 6.07. The predicted octanol–water partition coefficient (Wildman–Crippen LogP) is -3.10. The molecular formula is C21H27NO11. The highest BCUT2D eigenvalue weighted by Crippen LogP contribution is 2.29. The van der Waals surface area contributed by atoms with Gasteiger partial charge in [-0.25, -0.2) is 0 Å². The highest BCUT2D eigenvalue weighted by Gasteiger charge is 2.53. The number of hydrogen-bond acceptors (Lipinski definition) is 11. The van der Waals surface area contributed by atoms with Gasteiger partial charge in [0.05, 0.1) is 13.0 Å². The number of H-pyrrole nitrogens is 1. The number of aliphatic hydroxyl groups is 7. The fourth-order valence-corrected chi connectivity index (χ4v) is 4.16. The summed E-state index contributed by atoms with van der Waals surface area (Å²) in [5.41, 5.74) is 1.44. The zero-order valence-corrected chi connectivity index (χ0v) is 17.3. The van der Waals surface area contributed by atoms with E-state index >= 15 is 0 Å². The van der Waals surface area contributed by atoms with Crippen LogP contribution in [0.25, 0.3) is 10.9 Å². The average molecular weight is 469 g/mol. The summed E-state index contributed by atoms with van der Waals surface area (Å²) < 4.78 is 15.6. The first-order valence-electron chi connectivity index (χ1n) is 10.5. The molecule has 1 saturated heterocycles. The third-order valence-electron chi connectivity index (χ3n) is 6.07. The Kier molecular flexibility index (Phi) is 7.00. The van der Waals surface area contributed by atoms with Gasteiger partial charge in [0, 0.05) is 17.1 Å². The van der Waals surface area contributed by atoms with Crippen LogP contribution in [0.15, 0.2) is 30.5 Å². The number of carbonyl (C=O) groups is 1. The van der Waals surface area contributed by atoms with Gasteiger partial charge in [-0.15, -0.1) is 0 Å². The lowest BCUT2D eigenvalue weighted by molar-refractivity contribution is -0.321. The fraction of sp³-hybridized carbons (Fsp3) is 0.571. The van der Waals surface area contributed by atoms with Gasteiger partial charge in [-0.1, -0.05) is 18.2 Å². The maximum Gasteiger partial charge on any atom is 0.310 e. The monoisotopic (exact) mass is 469 g/mol. The van der Waals surface area contributed by atoms with Gasteiger partial charge in [0.1, 0.15) is 48.8 Å². The molecule has 8 N–H and O–H groups in total. The summed E-state index contributed by atoms with van der Waals surface area (Å²) in [6, 6.07) is 7.28. The number of ether oxygens (including phenoxy) is 3. The molecule has 182 valence electrons. The van der Waals surface area contributed by atoms with Crippen LogP contribution in [0, 0.1) is 0 Å². The molecule has 2 unspecified atom stereocenters. The van der Waals surface area contributed by atoms with Gasteiger partial charge in [0.25, 0.3) is 0 Å². The Morgan fingerprint density at radius 1 is 0.909 bits per heavy atom. The Morgan fingerprint density at radius 3 is 2.24 bits per heavy atom. The molecular weight excluding hydrogens is 442 g/mol. The minimum Gasteiger partial charge on any atom is -0.456 e. The Labute approximate surface area is 187 Å². The van der Waals surface area contributed by atoms with E-state index in [0.29, 0.717) is 5.56 Å². The number of hydrogen-bond donors (Lipinski definition) is 8. The summed E-state index contributed by atoms with van der Waals surface area (Å²) in [7, 11) is 0. The van der Waals surface area contributed by atoms with Crippen molar-refractivity contribution in [3.8, 4) is 0 Å². The number of rotatable bonds is 5. The number of aromatic nitrogens is 1. The highest BCUT2D eigenvalue weighted by molar-refractivity contribution is 5.87. The van der Waals surface area contributed by atoms with Crippen LogP contribution in [0.2, 0.25) is 0 Å². The normalized spacial score (nSPS) is 39.5. The summed E-state index contributed by atoms with van der Waals surface area (Å²) in [4.78, 5) is 15.5. The number of carbonyl (C=O) groups excluding carboxylic acids is 1. The molecule has 12 nitrogen and oxygen atoms in total. The van der Waals surface area contributed by atoms with Gasteiger partial charge in [-0.2, -0.15) is 0 Å². The molecule has 1 aliphatic heterocycles. The van der Waals surface area contributed by atoms with E-state index < -0.39 is 67.2 Å². The second kappa shape index (κ2) is 9.62. The van der Waals surface area contributed by atoms with Crippen molar-refractivity contribution in [3.05, 3.63) is 36.0 Å². The second-order valence-corrected chi connectivity index (χ2v) is 8.30. The minimum absolute atomic E-state index is 0.186. The lowest BCUT2D eigenvalue weighted by atomic mass is 9.84. The van der Waals surface area contributed by atoms with E-state index in [1.807, 2.05) is 18.2 Å². The molecule has 0 radical (unpaired) electrons. The number of fused-ring (bicyclic) bond motifs is 1. The lowest BCUT2D eigenvalue weighted by Gasteiger charge is -2.45. The number of nitrogens with one attached hydrogen (secondary N) is 1. The Morgan fingerprint density at radius 2 is 1.55 bits per heavy atom. The van der Waals surface area contributed by atoms with E-state index in [2.05, 4.69) is 4.98 Å². The van der Waals surface area contributed by atoms with Crippen LogP contribution in [0.1, 0.15) is 5.56 Å². The van der Waals surface area contributed by atoms with Crippen molar-refractivity contribution in [1.29, 1.82) is 0 Å². The van der Waals surface area contributed by atoms with E-state index in [9.17, 15) is 40.5 Å². The van der Waals surface area contributed by atoms with Gasteiger partial charge in [-0.05, 0) is 11.6 Å². The molecule has 10 atom stereocenters. The largest absolute Gasteiger partial charge is 0.456 e. The van der Waals surface area contributed by atoms with Crippen molar-refractivity contribution in [2.75, 3.05) is 6.61 Å². The summed E-state index contributed by atoms with van der Waals surface area (Å²) in [6.45, 7) is -0.388. The summed E-state index contributed by atoms with van der Waals surface area (Å²) in [5.74, 6) is -0.801. The number of aromatic amines is 1. The molecule has 2 aromatic rings. The SMILES string of the molecule is O=C(Cc1c[nH]c2ccccc12)OC1[C@@H](O)[C@H](O)C(O[C@H]2OC[C@H](O)[C@H](O)[C@H]2O)[C@H](O)[C@@H]1O. The third kappa shape index (κ3) is 4.62. The molecule has 1 aromatic carbocycles. The number of aliphatic hydroxyl groups excluding tert-OH is 7. The predicted molar refractivity (Wildman–Crippen MR) is 109 cm³/mol. The summed E-state index contributed by atoms with van der Waals surface area (Å²) in [6.07, 6.45) is -15.4. The van der Waals surface area contributed by atoms with Gasteiger partial charge in [0.15, 0.2) is 12.4 Å². The number of benzene rings is 1. The summed E-state index contributed by atoms with van der Waals surface area (Å²) in [5, 5.41) is 71.9. The van der Waals surface area contributed by atoms with Gasteiger partial charge < -0.3 is 54.9 Å². The van der Waals surface area contributed by atoms with Crippen molar-refractivity contribution >= 4 is 16.9 Å². The average Bonchev–Trinajstić information content (AvgIpc) is 3.21. The summed E-state index contributed by atoms with van der Waals surface area (Å²) >= 11 is 0. The van der Waals surface area contributed by atoms with E-state index in [1.54, 1.807) is 12.3 Å². The zero-order chi connectivity index (χ0) is 23.9. The standard InChI is InChI=1S/C21H27NO11/c23-11-7-31-21(18(30)13(11)25)33-20-16(28)14(26)19(15(27)17(20)29)32-12(24)5-8-6-22-10-4-2-1-3-9(8)10/h1-4,6,11,13-23,25-30H,5,7H2/t11-,13-,14-,15-,16-,17+,18+,19?,20?,21+/m0/s1. The zero-order valence-electron chi connectivity index (χ0n) is 17.3. The Bertz CT molecular complexity index is 951. The topological polar surface area (TPSA) is 202 Å². The first-order chi connectivity index (χ1) is 15.7. The molecule has 2 heterocycles. The second-order valence-electron chi connectivity index (χ2n) is 8.30. The van der Waals surface area contributed by atoms with Crippen LogP contribution in [-0.4, -0.2) is 115 Å². The number of para-hydroxylation sites is 1. The molecule has 2 aliphatic rings. The lowest BCUT2D eigenvalue weighted by Crippen LogP contribution is -2.67. The van der Waals surface area contributed by atoms with Crippen molar-refractivity contribution in [1.82, 2.24) is 4.98 Å². The fourth-order valence-electron chi connectivity index (χ4n) is 4.16. The van der Waals surface area contributed by atoms with Crippen molar-refractivity contribution in [3.63, 3.8) is 0 Å². The van der Waals surface area contributed by atoms with Crippen LogP contribution in [0.3, 0.4) is 0 Å². The van der Waals surface area contributed by atoms with Crippen LogP contribution in [0.5, 0.6) is 0 Å². The maximum atomic E-state index is 12.5. The molecule has 33 heavy (non-hydrogen) atoms. The van der Waals surface area contributed by atoms with Gasteiger partial charge >= 0.3 is 5.97 Å². The van der Waals surface area contributed by atoms with Crippen LogP contribution in [0.4, 0.5) is 0 Å². The quantitative estimate of drug-likeness (QED) is 0.206. The molecule has 0 amide bonds. The van der Waals surface area contributed by atoms with Crippen LogP contribution in [-0.2, 0) is 25.4 Å². The molecule has 2 fully saturated rings. The first-order valence-corrected chi connectivity index (χ1v) is 10.5. The van der Waals surface area contributed by atoms with Crippen molar-refractivity contribution in [2.45, 2.75) is 67.6 Å². The molecule has 0 bridgehead atoms. The Balaban J connectivity index is 1.41. The maximum absolute atomic E-state index is 12.5. The van der Waals surface area contributed by atoms with E-state index in [1.165, 1.54) is 0 Å². The molecule has 4 rings (SSSR count). The van der Waals surface area contributed by atoms with Crippen LogP contribution < -0.4 is 0 Å². The molecule has 12 heteroatoms. The molecule has 1 aliphatic carbocycles. The van der Waals surface area contributed by atoms with Crippen molar-refractivity contribution in [2.24, 2.45) is 0 Å². The van der Waals surface area contributed by atoms with E-state index in [4.69, 9.17) is 14.2 Å². The molecule has 0 spiro atoms. The number of esters is 1. The van der Waals surface area contributed by atoms with Gasteiger partial charge in [0.2, 0.25) is 0 Å². The van der Waals surface area contributed by atoms with E-state index in [0.717, 1.165) is 10.9 Å². The highest BCUT2D eigenvalue weighted by atomic mass is 16.7. The van der Waals surface area contributed by atoms with Crippen molar-refractivity contribution < 1.29 is 54.8 Å². The minimum atomic E-state index is -1.84. The van der Waals surface area contributed by atoms with Crippen LogP contribution >= 0.6 is 0 Å².